The SMILES string of the molecule is C=C(c1cnc(-c2ccc(-c3ccnc(OC)c3)cc2O)cn1)[C@@H]1C[C@H]2C=C[C@](C)(N2)[C@@H]1F. The number of aromatic hydroxyl groups is 1. The number of aromatic nitrogens is 3. The van der Waals surface area contributed by atoms with E-state index in [9.17, 15) is 5.11 Å². The molecule has 0 amide bonds. The van der Waals surface area contributed by atoms with Crippen LogP contribution < -0.4 is 10.1 Å². The molecule has 4 atom stereocenters. The van der Waals surface area contributed by atoms with E-state index < -0.39 is 11.7 Å². The summed E-state index contributed by atoms with van der Waals surface area (Å²) in [5.41, 5.74) is 3.33. The van der Waals surface area contributed by atoms with Crippen LogP contribution in [0.25, 0.3) is 28.0 Å². The zero-order valence-electron chi connectivity index (χ0n) is 18.5. The summed E-state index contributed by atoms with van der Waals surface area (Å²) in [5.74, 6) is 0.253. The number of nitrogens with one attached hydrogen (secondary N) is 1. The summed E-state index contributed by atoms with van der Waals surface area (Å²) in [6.45, 7) is 6.02. The van der Waals surface area contributed by atoms with Crippen molar-refractivity contribution in [3.05, 3.63) is 73.3 Å². The molecule has 2 bridgehead atoms. The average molecular weight is 445 g/mol. The third-order valence-electron chi connectivity index (χ3n) is 6.58. The third-order valence-corrected chi connectivity index (χ3v) is 6.58. The highest BCUT2D eigenvalue weighted by molar-refractivity contribution is 5.74. The molecule has 2 aromatic heterocycles. The van der Waals surface area contributed by atoms with Crippen molar-refractivity contribution < 1.29 is 14.2 Å². The van der Waals surface area contributed by atoms with Gasteiger partial charge in [0, 0.05) is 29.8 Å². The Bertz CT molecular complexity index is 1240. The number of methoxy groups -OCH3 is 1. The molecule has 2 aliphatic rings. The number of halogens is 1. The zero-order valence-corrected chi connectivity index (χ0v) is 18.5. The van der Waals surface area contributed by atoms with Gasteiger partial charge in [0.15, 0.2) is 0 Å². The maximum atomic E-state index is 15.2. The number of nitrogens with zero attached hydrogens (tertiary/aromatic N) is 3. The second kappa shape index (κ2) is 8.08. The van der Waals surface area contributed by atoms with Gasteiger partial charge >= 0.3 is 0 Å². The molecule has 0 spiro atoms. The maximum Gasteiger partial charge on any atom is 0.213 e. The molecule has 6 nitrogen and oxygen atoms in total. The Kier molecular flexibility index (Phi) is 5.21. The van der Waals surface area contributed by atoms with Crippen LogP contribution in [0.2, 0.25) is 0 Å². The van der Waals surface area contributed by atoms with Crippen LogP contribution in [0.15, 0.2) is 67.7 Å². The number of pyridine rings is 1. The van der Waals surface area contributed by atoms with Crippen molar-refractivity contribution in [2.24, 2.45) is 5.92 Å². The second-order valence-corrected chi connectivity index (χ2v) is 8.77. The molecule has 1 saturated heterocycles. The van der Waals surface area contributed by atoms with Gasteiger partial charge < -0.3 is 9.84 Å². The van der Waals surface area contributed by atoms with Crippen LogP contribution in [0.4, 0.5) is 4.39 Å². The minimum atomic E-state index is -1.09. The number of phenolic OH excluding ortho intramolecular Hbond substituents is 1. The monoisotopic (exact) mass is 444 g/mol. The van der Waals surface area contributed by atoms with Crippen LogP contribution in [0.1, 0.15) is 19.0 Å². The van der Waals surface area contributed by atoms with Crippen molar-refractivity contribution in [1.29, 1.82) is 0 Å². The first-order valence-electron chi connectivity index (χ1n) is 10.8. The van der Waals surface area contributed by atoms with Crippen LogP contribution in [-0.4, -0.2) is 44.9 Å². The number of hydrogen-bond acceptors (Lipinski definition) is 6. The first kappa shape index (κ1) is 21.3. The van der Waals surface area contributed by atoms with E-state index in [0.29, 0.717) is 34.8 Å². The first-order valence-corrected chi connectivity index (χ1v) is 10.8. The van der Waals surface area contributed by atoms with E-state index in [1.54, 1.807) is 43.9 Å². The molecule has 7 heteroatoms. The summed E-state index contributed by atoms with van der Waals surface area (Å²) in [6, 6.07) is 9.15. The summed E-state index contributed by atoms with van der Waals surface area (Å²) in [7, 11) is 1.56. The lowest BCUT2D eigenvalue weighted by Crippen LogP contribution is -2.56. The Balaban J connectivity index is 1.37. The quantitative estimate of drug-likeness (QED) is 0.561. The van der Waals surface area contributed by atoms with E-state index in [1.165, 1.54) is 0 Å². The number of benzene rings is 1. The van der Waals surface area contributed by atoms with Gasteiger partial charge in [-0.15, -0.1) is 0 Å². The fraction of sp³-hybridized carbons (Fsp3) is 0.269. The molecule has 2 N–H and O–H groups in total. The summed E-state index contributed by atoms with van der Waals surface area (Å²) < 4.78 is 20.4. The number of alkyl halides is 1. The highest BCUT2D eigenvalue weighted by Gasteiger charge is 2.48. The Hall–Kier alpha value is -3.58. The number of fused-ring (bicyclic) bond motifs is 2. The van der Waals surface area contributed by atoms with E-state index in [4.69, 9.17) is 4.74 Å². The molecule has 0 radical (unpaired) electrons. The zero-order chi connectivity index (χ0) is 23.2. The highest BCUT2D eigenvalue weighted by atomic mass is 19.1. The molecule has 33 heavy (non-hydrogen) atoms. The van der Waals surface area contributed by atoms with Gasteiger partial charge in [-0.05, 0) is 48.2 Å². The highest BCUT2D eigenvalue weighted by Crippen LogP contribution is 2.42. The smallest absolute Gasteiger partial charge is 0.213 e. The van der Waals surface area contributed by atoms with Gasteiger partial charge in [-0.3, -0.25) is 15.3 Å². The molecule has 0 unspecified atom stereocenters. The number of rotatable bonds is 5. The Morgan fingerprint density at radius 3 is 2.73 bits per heavy atom. The van der Waals surface area contributed by atoms with Gasteiger partial charge in [0.1, 0.15) is 11.9 Å². The Morgan fingerprint density at radius 1 is 1.18 bits per heavy atom. The van der Waals surface area contributed by atoms with Crippen molar-refractivity contribution in [3.8, 4) is 34.0 Å². The molecule has 3 aromatic rings. The number of hydrogen-bond donors (Lipinski definition) is 2. The number of allylic oxidation sites excluding steroid dienone is 1. The van der Waals surface area contributed by atoms with E-state index in [1.807, 2.05) is 31.2 Å². The van der Waals surface area contributed by atoms with Crippen molar-refractivity contribution in [1.82, 2.24) is 20.3 Å². The van der Waals surface area contributed by atoms with Crippen LogP contribution in [0.5, 0.6) is 11.6 Å². The van der Waals surface area contributed by atoms with Crippen LogP contribution in [0, 0.1) is 5.92 Å². The number of phenols is 1. The molecule has 1 fully saturated rings. The van der Waals surface area contributed by atoms with E-state index >= 15 is 4.39 Å². The molecule has 1 aromatic carbocycles. The Labute approximate surface area is 191 Å². The van der Waals surface area contributed by atoms with E-state index in [2.05, 4.69) is 26.8 Å². The molecule has 0 aliphatic carbocycles. The molecule has 5 rings (SSSR count). The minimum Gasteiger partial charge on any atom is -0.507 e. The fourth-order valence-corrected chi connectivity index (χ4v) is 4.70. The Morgan fingerprint density at radius 2 is 2.00 bits per heavy atom. The molecule has 4 heterocycles. The molecule has 168 valence electrons. The van der Waals surface area contributed by atoms with Crippen LogP contribution in [0.3, 0.4) is 0 Å². The fourth-order valence-electron chi connectivity index (χ4n) is 4.70. The van der Waals surface area contributed by atoms with Crippen molar-refractivity contribution in [3.63, 3.8) is 0 Å². The van der Waals surface area contributed by atoms with Crippen LogP contribution >= 0.6 is 0 Å². The van der Waals surface area contributed by atoms with Crippen molar-refractivity contribution in [2.45, 2.75) is 31.1 Å². The average Bonchev–Trinajstić information content (AvgIpc) is 3.18. The lowest BCUT2D eigenvalue weighted by Gasteiger charge is -2.40. The van der Waals surface area contributed by atoms with E-state index in [0.717, 1.165) is 11.1 Å². The largest absolute Gasteiger partial charge is 0.507 e. The maximum absolute atomic E-state index is 15.2. The van der Waals surface area contributed by atoms with Crippen molar-refractivity contribution in [2.75, 3.05) is 7.11 Å². The lowest BCUT2D eigenvalue weighted by atomic mass is 9.78. The topological polar surface area (TPSA) is 80.2 Å². The summed E-state index contributed by atoms with van der Waals surface area (Å²) in [5, 5.41) is 14.0. The summed E-state index contributed by atoms with van der Waals surface area (Å²) >= 11 is 0. The standard InChI is InChI=1S/C26H25FN4O2/c1-15(20-12-18-6-8-26(2,31-18)25(20)27)21-13-30-22(14-29-21)19-5-4-16(10-23(19)32)17-7-9-28-24(11-17)33-3/h4-11,13-14,18,20,25,31-32H,1,12H2,2-3H3/t18-,20+,25-,26+/m1/s1. The van der Waals surface area contributed by atoms with Gasteiger partial charge in [-0.2, -0.15) is 0 Å². The van der Waals surface area contributed by atoms with E-state index in [-0.39, 0.29) is 17.7 Å². The number of ether oxygens (including phenoxy) is 1. The van der Waals surface area contributed by atoms with Crippen molar-refractivity contribution >= 4 is 5.57 Å². The van der Waals surface area contributed by atoms with Gasteiger partial charge in [0.25, 0.3) is 0 Å². The summed E-state index contributed by atoms with van der Waals surface area (Å²) in [6.07, 6.45) is 8.34. The van der Waals surface area contributed by atoms with Gasteiger partial charge in [0.2, 0.25) is 5.88 Å². The molecule has 0 saturated carbocycles. The predicted molar refractivity (Wildman–Crippen MR) is 125 cm³/mol. The molecule has 2 aliphatic heterocycles. The van der Waals surface area contributed by atoms with Gasteiger partial charge in [-0.1, -0.05) is 24.8 Å². The van der Waals surface area contributed by atoms with Gasteiger partial charge in [0.05, 0.1) is 36.4 Å². The van der Waals surface area contributed by atoms with Gasteiger partial charge in [-0.25, -0.2) is 9.37 Å². The molecular weight excluding hydrogens is 419 g/mol. The normalized spacial score (nSPS) is 25.7. The third kappa shape index (κ3) is 3.78. The first-order chi connectivity index (χ1) is 15.9. The lowest BCUT2D eigenvalue weighted by molar-refractivity contribution is 0.120. The predicted octanol–water partition coefficient (Wildman–Crippen LogP) is 4.58. The van der Waals surface area contributed by atoms with Crippen LogP contribution in [-0.2, 0) is 0 Å². The summed E-state index contributed by atoms with van der Waals surface area (Å²) in [4.78, 5) is 13.1. The minimum absolute atomic E-state index is 0.0851. The molecular formula is C26H25FN4O2. The number of piperidine rings is 1. The second-order valence-electron chi connectivity index (χ2n) is 8.77.